The van der Waals surface area contributed by atoms with Crippen LogP contribution in [0.15, 0.2) is 29.6 Å². The van der Waals surface area contributed by atoms with Gasteiger partial charge < -0.3 is 10.6 Å². The second-order valence-electron chi connectivity index (χ2n) is 5.59. The Kier molecular flexibility index (Phi) is 9.92. The number of guanidine groups is 1. The molecule has 0 radical (unpaired) electrons. The molecule has 2 N–H and O–H groups in total. The number of nitrogens with zero attached hydrogens (tertiary/aromatic N) is 4. The van der Waals surface area contributed by atoms with Gasteiger partial charge in [0, 0.05) is 56.1 Å². The Morgan fingerprint density at radius 2 is 2.25 bits per heavy atom. The number of aromatic nitrogens is 3. The predicted octanol–water partition coefficient (Wildman–Crippen LogP) is 2.70. The molecule has 1 atom stereocenters. The van der Waals surface area contributed by atoms with Crippen molar-refractivity contribution in [2.75, 3.05) is 19.6 Å². The molecule has 0 saturated carbocycles. The minimum absolute atomic E-state index is 0. The van der Waals surface area contributed by atoms with E-state index >= 15 is 0 Å². The van der Waals surface area contributed by atoms with E-state index in [1.165, 1.54) is 4.88 Å². The molecule has 6 nitrogen and oxygen atoms in total. The van der Waals surface area contributed by atoms with Crippen molar-refractivity contribution in [3.63, 3.8) is 0 Å². The Morgan fingerprint density at radius 1 is 1.42 bits per heavy atom. The standard InChI is InChI=1S/C16H26N6S.HI/c1-4-17-16(18-8-6-15-19-11-14(3)23-15)20-10-13(2)12-22-9-5-7-21-22;/h5,7,9,11,13H,4,6,8,10,12H2,1-3H3,(H2,17,18,20);1H. The van der Waals surface area contributed by atoms with Crippen LogP contribution in [0.4, 0.5) is 0 Å². The summed E-state index contributed by atoms with van der Waals surface area (Å²) in [5.74, 6) is 1.31. The van der Waals surface area contributed by atoms with Gasteiger partial charge in [-0.25, -0.2) is 4.98 Å². The Bertz CT molecular complexity index is 595. The van der Waals surface area contributed by atoms with Crippen molar-refractivity contribution in [1.29, 1.82) is 0 Å². The van der Waals surface area contributed by atoms with Crippen molar-refractivity contribution in [2.45, 2.75) is 33.7 Å². The van der Waals surface area contributed by atoms with E-state index in [0.29, 0.717) is 5.92 Å². The molecule has 0 saturated heterocycles. The van der Waals surface area contributed by atoms with Gasteiger partial charge in [0.25, 0.3) is 0 Å². The van der Waals surface area contributed by atoms with Gasteiger partial charge >= 0.3 is 0 Å². The van der Waals surface area contributed by atoms with Crippen LogP contribution in [0.25, 0.3) is 0 Å². The van der Waals surface area contributed by atoms with E-state index < -0.39 is 0 Å². The number of hydrogen-bond acceptors (Lipinski definition) is 4. The molecule has 0 aliphatic rings. The number of thiazole rings is 1. The maximum atomic E-state index is 4.67. The van der Waals surface area contributed by atoms with Crippen LogP contribution >= 0.6 is 35.3 Å². The van der Waals surface area contributed by atoms with Crippen LogP contribution in [0.5, 0.6) is 0 Å². The number of nitrogens with one attached hydrogen (secondary N) is 2. The molecule has 1 unspecified atom stereocenters. The van der Waals surface area contributed by atoms with E-state index in [9.17, 15) is 0 Å². The smallest absolute Gasteiger partial charge is 0.191 e. The molecule has 134 valence electrons. The summed E-state index contributed by atoms with van der Waals surface area (Å²) < 4.78 is 1.95. The van der Waals surface area contributed by atoms with Gasteiger partial charge in [0.1, 0.15) is 0 Å². The van der Waals surface area contributed by atoms with Crippen LogP contribution in [0.1, 0.15) is 23.7 Å². The lowest BCUT2D eigenvalue weighted by Crippen LogP contribution is -2.38. The minimum atomic E-state index is 0. The first-order valence-electron chi connectivity index (χ1n) is 8.08. The van der Waals surface area contributed by atoms with Crippen molar-refractivity contribution in [3.8, 4) is 0 Å². The lowest BCUT2D eigenvalue weighted by molar-refractivity contribution is 0.458. The Balaban J connectivity index is 0.00000288. The Labute approximate surface area is 165 Å². The fourth-order valence-corrected chi connectivity index (χ4v) is 2.97. The molecule has 2 aromatic heterocycles. The fraction of sp³-hybridized carbons (Fsp3) is 0.562. The van der Waals surface area contributed by atoms with Crippen LogP contribution in [-0.2, 0) is 13.0 Å². The van der Waals surface area contributed by atoms with E-state index in [4.69, 9.17) is 0 Å². The van der Waals surface area contributed by atoms with Crippen LogP contribution in [0.2, 0.25) is 0 Å². The van der Waals surface area contributed by atoms with Crippen molar-refractivity contribution in [1.82, 2.24) is 25.4 Å². The highest BCUT2D eigenvalue weighted by Gasteiger charge is 2.05. The topological polar surface area (TPSA) is 67.1 Å². The van der Waals surface area contributed by atoms with Gasteiger partial charge in [-0.05, 0) is 25.8 Å². The van der Waals surface area contributed by atoms with Gasteiger partial charge in [-0.2, -0.15) is 5.10 Å². The lowest BCUT2D eigenvalue weighted by atomic mass is 10.2. The highest BCUT2D eigenvalue weighted by atomic mass is 127. The van der Waals surface area contributed by atoms with Gasteiger partial charge in [-0.3, -0.25) is 9.67 Å². The third-order valence-electron chi connectivity index (χ3n) is 3.26. The first kappa shape index (κ1) is 20.9. The van der Waals surface area contributed by atoms with Crippen LogP contribution in [0, 0.1) is 12.8 Å². The highest BCUT2D eigenvalue weighted by molar-refractivity contribution is 14.0. The van der Waals surface area contributed by atoms with Gasteiger partial charge in [0.05, 0.1) is 5.01 Å². The van der Waals surface area contributed by atoms with E-state index in [1.807, 2.05) is 29.3 Å². The molecule has 2 rings (SSSR count). The first-order valence-corrected chi connectivity index (χ1v) is 8.90. The summed E-state index contributed by atoms with van der Waals surface area (Å²) in [6, 6.07) is 1.95. The van der Waals surface area contributed by atoms with Gasteiger partial charge in [0.2, 0.25) is 0 Å². The summed E-state index contributed by atoms with van der Waals surface area (Å²) in [5, 5.41) is 12.1. The van der Waals surface area contributed by atoms with Crippen LogP contribution in [0.3, 0.4) is 0 Å². The summed E-state index contributed by atoms with van der Waals surface area (Å²) in [5.41, 5.74) is 0. The van der Waals surface area contributed by atoms with Gasteiger partial charge in [0.15, 0.2) is 5.96 Å². The second kappa shape index (κ2) is 11.4. The average molecular weight is 462 g/mol. The minimum Gasteiger partial charge on any atom is -0.357 e. The van der Waals surface area contributed by atoms with E-state index in [1.54, 1.807) is 11.3 Å². The molecule has 2 aromatic rings. The first-order chi connectivity index (χ1) is 11.2. The van der Waals surface area contributed by atoms with Crippen molar-refractivity contribution < 1.29 is 0 Å². The summed E-state index contributed by atoms with van der Waals surface area (Å²) in [6.45, 7) is 9.70. The van der Waals surface area contributed by atoms with Crippen molar-refractivity contribution in [3.05, 3.63) is 34.5 Å². The molecular weight excluding hydrogens is 435 g/mol. The summed E-state index contributed by atoms with van der Waals surface area (Å²) in [4.78, 5) is 10.3. The molecule has 2 heterocycles. The van der Waals surface area contributed by atoms with Crippen molar-refractivity contribution >= 4 is 41.3 Å². The zero-order valence-corrected chi connectivity index (χ0v) is 17.7. The molecule has 0 aliphatic heterocycles. The third-order valence-corrected chi connectivity index (χ3v) is 4.24. The fourth-order valence-electron chi connectivity index (χ4n) is 2.18. The van der Waals surface area contributed by atoms with Crippen LogP contribution in [-0.4, -0.2) is 40.4 Å². The number of halogens is 1. The quantitative estimate of drug-likeness (QED) is 0.360. The maximum absolute atomic E-state index is 4.67. The average Bonchev–Trinajstić information content (AvgIpc) is 3.16. The molecule has 0 aromatic carbocycles. The highest BCUT2D eigenvalue weighted by Crippen LogP contribution is 2.10. The van der Waals surface area contributed by atoms with Crippen molar-refractivity contribution in [2.24, 2.45) is 10.9 Å². The summed E-state index contributed by atoms with van der Waals surface area (Å²) in [6.07, 6.45) is 6.64. The summed E-state index contributed by atoms with van der Waals surface area (Å²) >= 11 is 1.75. The molecule has 8 heteroatoms. The van der Waals surface area contributed by atoms with Gasteiger partial charge in [-0.1, -0.05) is 6.92 Å². The molecule has 0 aliphatic carbocycles. The largest absolute Gasteiger partial charge is 0.357 e. The zero-order valence-electron chi connectivity index (χ0n) is 14.5. The lowest BCUT2D eigenvalue weighted by Gasteiger charge is -2.13. The normalized spacial score (nSPS) is 12.5. The predicted molar refractivity (Wildman–Crippen MR) is 111 cm³/mol. The number of aryl methyl sites for hydroxylation is 1. The van der Waals surface area contributed by atoms with Gasteiger partial charge in [-0.15, -0.1) is 35.3 Å². The number of rotatable bonds is 8. The van der Waals surface area contributed by atoms with Crippen LogP contribution < -0.4 is 10.6 Å². The SMILES string of the molecule is CCNC(=NCC(C)Cn1cccn1)NCCc1ncc(C)s1.I. The summed E-state index contributed by atoms with van der Waals surface area (Å²) in [7, 11) is 0. The third kappa shape index (κ3) is 7.61. The van der Waals surface area contributed by atoms with E-state index in [0.717, 1.165) is 43.6 Å². The van der Waals surface area contributed by atoms with E-state index in [2.05, 4.69) is 46.5 Å². The Morgan fingerprint density at radius 3 is 2.88 bits per heavy atom. The Hall–Kier alpha value is -1.16. The molecular formula is C16H27IN6S. The molecule has 24 heavy (non-hydrogen) atoms. The monoisotopic (exact) mass is 462 g/mol. The second-order valence-corrected chi connectivity index (χ2v) is 6.91. The maximum Gasteiger partial charge on any atom is 0.191 e. The molecule has 0 spiro atoms. The molecule has 0 amide bonds. The zero-order chi connectivity index (χ0) is 16.5. The number of aliphatic imine (C=N–C) groups is 1. The van der Waals surface area contributed by atoms with E-state index in [-0.39, 0.29) is 24.0 Å². The molecule has 0 bridgehead atoms. The number of hydrogen-bond donors (Lipinski definition) is 2. The molecule has 0 fully saturated rings.